The van der Waals surface area contributed by atoms with E-state index in [1.165, 1.54) is 38.1 Å². The maximum atomic E-state index is 15.8. The number of pyridine rings is 1. The molecule has 4 rings (SSSR count). The molecule has 0 bridgehead atoms. The van der Waals surface area contributed by atoms with Gasteiger partial charge in [0.25, 0.3) is 11.8 Å². The number of carbonyl (C=O) groups is 2. The van der Waals surface area contributed by atoms with Crippen LogP contribution in [-0.4, -0.2) is 30.0 Å². The Labute approximate surface area is 229 Å². The van der Waals surface area contributed by atoms with Gasteiger partial charge in [0, 0.05) is 28.8 Å². The Morgan fingerprint density at radius 2 is 1.90 bits per heavy atom. The molecule has 0 radical (unpaired) electrons. The molecule has 0 spiro atoms. The Balaban J connectivity index is 1.69. The van der Waals surface area contributed by atoms with E-state index in [0.717, 1.165) is 42.1 Å². The highest BCUT2D eigenvalue weighted by Gasteiger charge is 2.32. The van der Waals surface area contributed by atoms with Crippen molar-refractivity contribution in [3.63, 3.8) is 0 Å². The Kier molecular flexibility index (Phi) is 8.24. The Bertz CT molecular complexity index is 1410. The maximum Gasteiger partial charge on any atom is 0.387 e. The first-order chi connectivity index (χ1) is 18.3. The molecule has 1 aromatic heterocycles. The summed E-state index contributed by atoms with van der Waals surface area (Å²) in [6, 6.07) is 8.34. The lowest BCUT2D eigenvalue weighted by Gasteiger charge is -2.24. The number of hydrogen-bond donors (Lipinski definition) is 1. The SMILES string of the molecule is CC(C)(F)c1cc(Br)c(NC(=O)c2cccc(N(CC3CC3)C(=O)c3ccnc(F)c3)c2F)c(OC(F)F)c1. The van der Waals surface area contributed by atoms with Gasteiger partial charge in [0.05, 0.1) is 16.9 Å². The predicted octanol–water partition coefficient (Wildman–Crippen LogP) is 7.24. The van der Waals surface area contributed by atoms with E-state index in [9.17, 15) is 27.2 Å². The first-order valence-corrected chi connectivity index (χ1v) is 12.7. The van der Waals surface area contributed by atoms with Crippen LogP contribution < -0.4 is 15.0 Å². The Morgan fingerprint density at radius 1 is 1.18 bits per heavy atom. The number of nitrogens with one attached hydrogen (secondary N) is 1. The van der Waals surface area contributed by atoms with Gasteiger partial charge in [0.2, 0.25) is 5.95 Å². The third-order valence-electron chi connectivity index (χ3n) is 6.07. The number of benzene rings is 2. The second-order valence-corrected chi connectivity index (χ2v) is 10.4. The summed E-state index contributed by atoms with van der Waals surface area (Å²) in [5.41, 5.74) is -2.94. The lowest BCUT2D eigenvalue weighted by atomic mass is 9.99. The average molecular weight is 612 g/mol. The number of anilines is 2. The number of amides is 2. The lowest BCUT2D eigenvalue weighted by molar-refractivity contribution is -0.0495. The number of nitrogens with zero attached hydrogens (tertiary/aromatic N) is 2. The maximum absolute atomic E-state index is 15.8. The molecule has 1 aliphatic carbocycles. The van der Waals surface area contributed by atoms with Gasteiger partial charge in [-0.25, -0.2) is 13.8 Å². The summed E-state index contributed by atoms with van der Waals surface area (Å²) >= 11 is 3.13. The zero-order valence-corrected chi connectivity index (χ0v) is 22.4. The molecular formula is C27H23BrF5N3O3. The molecule has 12 heteroatoms. The van der Waals surface area contributed by atoms with E-state index in [0.29, 0.717) is 0 Å². The van der Waals surface area contributed by atoms with Crippen molar-refractivity contribution in [2.24, 2.45) is 5.92 Å². The molecule has 0 aliphatic heterocycles. The molecule has 2 aromatic carbocycles. The molecule has 1 saturated carbocycles. The van der Waals surface area contributed by atoms with Gasteiger partial charge < -0.3 is 15.0 Å². The molecule has 206 valence electrons. The Morgan fingerprint density at radius 3 is 2.51 bits per heavy atom. The molecule has 1 aliphatic rings. The minimum Gasteiger partial charge on any atom is -0.433 e. The first kappa shape index (κ1) is 28.5. The standard InChI is InChI=1S/C27H23BrF5N3O3/c1-27(2,33)16-11-18(28)23(20(12-16)39-26(31)32)35-24(37)17-4-3-5-19(22(17)30)36(13-14-6-7-14)25(38)15-8-9-34-21(29)10-15/h3-5,8-12,14,26H,6-7,13H2,1-2H3,(H,35,37). The molecule has 6 nitrogen and oxygen atoms in total. The zero-order chi connectivity index (χ0) is 28.5. The number of carbonyl (C=O) groups excluding carboxylic acids is 2. The van der Waals surface area contributed by atoms with Crippen molar-refractivity contribution >= 4 is 39.1 Å². The normalized spacial score (nSPS) is 13.4. The van der Waals surface area contributed by atoms with Crippen LogP contribution >= 0.6 is 15.9 Å². The summed E-state index contributed by atoms with van der Waals surface area (Å²) in [5.74, 6) is -4.06. The van der Waals surface area contributed by atoms with Crippen LogP contribution in [0.2, 0.25) is 0 Å². The summed E-state index contributed by atoms with van der Waals surface area (Å²) < 4.78 is 74.7. The highest BCUT2D eigenvalue weighted by Crippen LogP contribution is 2.40. The molecule has 39 heavy (non-hydrogen) atoms. The van der Waals surface area contributed by atoms with Gasteiger partial charge in [-0.2, -0.15) is 13.2 Å². The fourth-order valence-corrected chi connectivity index (χ4v) is 4.40. The van der Waals surface area contributed by atoms with Crippen LogP contribution in [0.25, 0.3) is 0 Å². The van der Waals surface area contributed by atoms with Gasteiger partial charge in [0.15, 0.2) is 11.6 Å². The number of halogens is 6. The van der Waals surface area contributed by atoms with Gasteiger partial charge in [0.1, 0.15) is 5.67 Å². The minimum absolute atomic E-state index is 0.00187. The van der Waals surface area contributed by atoms with Gasteiger partial charge in [-0.1, -0.05) is 6.07 Å². The molecule has 2 amide bonds. The van der Waals surface area contributed by atoms with E-state index >= 15 is 4.39 Å². The highest BCUT2D eigenvalue weighted by molar-refractivity contribution is 9.10. The van der Waals surface area contributed by atoms with E-state index in [1.54, 1.807) is 0 Å². The number of hydrogen-bond acceptors (Lipinski definition) is 4. The van der Waals surface area contributed by atoms with Gasteiger partial charge in [-0.3, -0.25) is 9.59 Å². The number of rotatable bonds is 9. The van der Waals surface area contributed by atoms with Crippen molar-refractivity contribution in [1.82, 2.24) is 4.98 Å². The monoisotopic (exact) mass is 611 g/mol. The summed E-state index contributed by atoms with van der Waals surface area (Å²) in [6.45, 7) is -0.710. The third-order valence-corrected chi connectivity index (χ3v) is 6.69. The van der Waals surface area contributed by atoms with Crippen molar-refractivity contribution in [3.8, 4) is 5.75 Å². The summed E-state index contributed by atoms with van der Waals surface area (Å²) in [7, 11) is 0. The van der Waals surface area contributed by atoms with Crippen molar-refractivity contribution in [2.45, 2.75) is 39.0 Å². The van der Waals surface area contributed by atoms with Gasteiger partial charge in [-0.05, 0) is 84.4 Å². The molecule has 1 fully saturated rings. The quantitative estimate of drug-likeness (QED) is 0.204. The fraction of sp³-hybridized carbons (Fsp3) is 0.296. The van der Waals surface area contributed by atoms with Crippen LogP contribution in [0.15, 0.2) is 53.1 Å². The second kappa shape index (κ2) is 11.3. The summed E-state index contributed by atoms with van der Waals surface area (Å²) in [6.07, 6.45) is 2.76. The molecule has 0 atom stereocenters. The summed E-state index contributed by atoms with van der Waals surface area (Å²) in [4.78, 5) is 30.9. The van der Waals surface area contributed by atoms with Crippen LogP contribution in [0.5, 0.6) is 5.75 Å². The van der Waals surface area contributed by atoms with E-state index in [2.05, 4.69) is 31.0 Å². The number of ether oxygens (including phenoxy) is 1. The predicted molar refractivity (Wildman–Crippen MR) is 138 cm³/mol. The summed E-state index contributed by atoms with van der Waals surface area (Å²) in [5, 5.41) is 2.34. The topological polar surface area (TPSA) is 71.5 Å². The van der Waals surface area contributed by atoms with Gasteiger partial charge in [-0.15, -0.1) is 0 Å². The third kappa shape index (κ3) is 6.73. The van der Waals surface area contributed by atoms with Crippen LogP contribution in [0.4, 0.5) is 33.3 Å². The molecular weight excluding hydrogens is 589 g/mol. The molecule has 1 N–H and O–H groups in total. The zero-order valence-electron chi connectivity index (χ0n) is 20.8. The number of alkyl halides is 3. The van der Waals surface area contributed by atoms with E-state index in [-0.39, 0.29) is 39.4 Å². The highest BCUT2D eigenvalue weighted by atomic mass is 79.9. The fourth-order valence-electron chi connectivity index (χ4n) is 3.86. The molecule has 0 saturated heterocycles. The van der Waals surface area contributed by atoms with Crippen LogP contribution in [-0.2, 0) is 5.67 Å². The van der Waals surface area contributed by atoms with Crippen molar-refractivity contribution in [3.05, 3.63) is 81.6 Å². The first-order valence-electron chi connectivity index (χ1n) is 11.9. The van der Waals surface area contributed by atoms with Crippen LogP contribution in [0.1, 0.15) is 53.0 Å². The second-order valence-electron chi connectivity index (χ2n) is 9.50. The van der Waals surface area contributed by atoms with E-state index in [1.807, 2.05) is 0 Å². The molecule has 1 heterocycles. The molecule has 0 unspecified atom stereocenters. The van der Waals surface area contributed by atoms with Crippen molar-refractivity contribution in [1.29, 1.82) is 0 Å². The molecule has 3 aromatic rings. The van der Waals surface area contributed by atoms with E-state index < -0.39 is 47.2 Å². The van der Waals surface area contributed by atoms with Gasteiger partial charge >= 0.3 is 6.61 Å². The Hall–Kier alpha value is -3.54. The van der Waals surface area contributed by atoms with Crippen LogP contribution in [0.3, 0.4) is 0 Å². The van der Waals surface area contributed by atoms with Crippen molar-refractivity contribution < 1.29 is 36.3 Å². The average Bonchev–Trinajstić information content (AvgIpc) is 3.67. The van der Waals surface area contributed by atoms with Crippen LogP contribution in [0, 0.1) is 17.7 Å². The number of aromatic nitrogens is 1. The minimum atomic E-state index is -3.29. The van der Waals surface area contributed by atoms with Crippen molar-refractivity contribution in [2.75, 3.05) is 16.8 Å². The smallest absolute Gasteiger partial charge is 0.387 e. The van der Waals surface area contributed by atoms with E-state index in [4.69, 9.17) is 0 Å². The largest absolute Gasteiger partial charge is 0.433 e. The lowest BCUT2D eigenvalue weighted by Crippen LogP contribution is -2.34.